The van der Waals surface area contributed by atoms with Crippen LogP contribution in [0.1, 0.15) is 31.2 Å². The summed E-state index contributed by atoms with van der Waals surface area (Å²) in [6.07, 6.45) is 0. The minimum atomic E-state index is -0.200. The molecule has 0 aliphatic heterocycles. The number of benzene rings is 1. The van der Waals surface area contributed by atoms with Crippen LogP contribution in [0.4, 0.5) is 11.5 Å². The fraction of sp³-hybridized carbons (Fsp3) is 0.235. The van der Waals surface area contributed by atoms with E-state index in [1.165, 1.54) is 6.07 Å². The molecular formula is C17H18ClN5O. The summed E-state index contributed by atoms with van der Waals surface area (Å²) in [5, 5.41) is 8.37. The smallest absolute Gasteiger partial charge is 0.252 e. The molecule has 0 atom stereocenters. The van der Waals surface area contributed by atoms with Crippen LogP contribution in [0.5, 0.6) is 0 Å². The maximum Gasteiger partial charge on any atom is 0.252 e. The number of hydrogen-bond acceptors (Lipinski definition) is 4. The molecule has 24 heavy (non-hydrogen) atoms. The van der Waals surface area contributed by atoms with Crippen LogP contribution in [0.25, 0.3) is 5.95 Å². The van der Waals surface area contributed by atoms with Gasteiger partial charge in [-0.25, -0.2) is 4.98 Å². The lowest BCUT2D eigenvalue weighted by Gasteiger charge is -2.11. The number of aromatic amines is 1. The van der Waals surface area contributed by atoms with E-state index in [0.29, 0.717) is 16.8 Å². The lowest BCUT2D eigenvalue weighted by molar-refractivity contribution is 0.749. The summed E-state index contributed by atoms with van der Waals surface area (Å²) in [5.74, 6) is 1.24. The molecule has 0 amide bonds. The predicted octanol–water partition coefficient (Wildman–Crippen LogP) is 3.78. The highest BCUT2D eigenvalue weighted by Crippen LogP contribution is 2.22. The molecular weight excluding hydrogens is 326 g/mol. The molecule has 3 aromatic rings. The van der Waals surface area contributed by atoms with E-state index in [0.717, 1.165) is 17.1 Å². The molecule has 2 N–H and O–H groups in total. The van der Waals surface area contributed by atoms with Crippen molar-refractivity contribution in [1.82, 2.24) is 19.7 Å². The van der Waals surface area contributed by atoms with Crippen LogP contribution in [0, 0.1) is 6.92 Å². The second-order valence-corrected chi connectivity index (χ2v) is 6.30. The van der Waals surface area contributed by atoms with E-state index in [2.05, 4.69) is 20.4 Å². The van der Waals surface area contributed by atoms with Crippen LogP contribution < -0.4 is 10.9 Å². The molecule has 7 heteroatoms. The van der Waals surface area contributed by atoms with Crippen LogP contribution in [0.2, 0.25) is 5.02 Å². The number of hydrogen-bond donors (Lipinski definition) is 2. The third-order valence-corrected chi connectivity index (χ3v) is 3.74. The normalized spacial score (nSPS) is 11.0. The minimum absolute atomic E-state index is 0.149. The second-order valence-electron chi connectivity index (χ2n) is 5.86. The van der Waals surface area contributed by atoms with Crippen LogP contribution in [0.15, 0.2) is 41.2 Å². The van der Waals surface area contributed by atoms with Crippen molar-refractivity contribution in [2.75, 3.05) is 5.32 Å². The molecule has 1 aromatic carbocycles. The lowest BCUT2D eigenvalue weighted by Crippen LogP contribution is -2.16. The second kappa shape index (κ2) is 6.49. The first-order chi connectivity index (χ1) is 11.4. The molecule has 2 heterocycles. The summed E-state index contributed by atoms with van der Waals surface area (Å²) >= 11 is 5.92. The van der Waals surface area contributed by atoms with Crippen molar-refractivity contribution < 1.29 is 0 Å². The van der Waals surface area contributed by atoms with E-state index in [9.17, 15) is 4.79 Å². The molecule has 0 unspecified atom stereocenters. The van der Waals surface area contributed by atoms with Crippen LogP contribution in [-0.4, -0.2) is 19.7 Å². The predicted molar refractivity (Wildman–Crippen MR) is 95.5 cm³/mol. The maximum absolute atomic E-state index is 11.9. The van der Waals surface area contributed by atoms with Crippen LogP contribution >= 0.6 is 11.6 Å². The number of H-pyrrole nitrogens is 1. The number of halogens is 1. The zero-order valence-corrected chi connectivity index (χ0v) is 14.4. The monoisotopic (exact) mass is 343 g/mol. The average molecular weight is 344 g/mol. The van der Waals surface area contributed by atoms with Gasteiger partial charge in [-0.05, 0) is 37.1 Å². The molecule has 124 valence electrons. The van der Waals surface area contributed by atoms with Gasteiger partial charge < -0.3 is 5.32 Å². The van der Waals surface area contributed by atoms with E-state index in [4.69, 9.17) is 11.6 Å². The Morgan fingerprint density at radius 3 is 2.58 bits per heavy atom. The SMILES string of the molecule is Cc1cc(Nc2ccc(Cl)cc2)n(-c2nc(C(C)C)cc(=O)[nH]2)n1. The zero-order chi connectivity index (χ0) is 17.3. The average Bonchev–Trinajstić information content (AvgIpc) is 2.89. The first-order valence-corrected chi connectivity index (χ1v) is 8.01. The number of nitrogens with zero attached hydrogens (tertiary/aromatic N) is 3. The number of nitrogens with one attached hydrogen (secondary N) is 2. The molecule has 0 aliphatic rings. The lowest BCUT2D eigenvalue weighted by atomic mass is 10.1. The molecule has 0 bridgehead atoms. The fourth-order valence-corrected chi connectivity index (χ4v) is 2.42. The van der Waals surface area contributed by atoms with Gasteiger partial charge in [0, 0.05) is 22.8 Å². The summed E-state index contributed by atoms with van der Waals surface area (Å²) in [6, 6.07) is 10.7. The number of aromatic nitrogens is 4. The molecule has 2 aromatic heterocycles. The molecule has 0 radical (unpaired) electrons. The van der Waals surface area contributed by atoms with Crippen molar-refractivity contribution >= 4 is 23.1 Å². The van der Waals surface area contributed by atoms with Crippen molar-refractivity contribution in [1.29, 1.82) is 0 Å². The summed E-state index contributed by atoms with van der Waals surface area (Å²) in [7, 11) is 0. The summed E-state index contributed by atoms with van der Waals surface area (Å²) in [6.45, 7) is 5.87. The molecule has 0 fully saturated rings. The van der Waals surface area contributed by atoms with Gasteiger partial charge in [0.25, 0.3) is 5.56 Å². The Balaban J connectivity index is 2.03. The molecule has 0 saturated carbocycles. The molecule has 6 nitrogen and oxygen atoms in total. The largest absolute Gasteiger partial charge is 0.340 e. The van der Waals surface area contributed by atoms with Crippen molar-refractivity contribution in [3.63, 3.8) is 0 Å². The molecule has 3 rings (SSSR count). The topological polar surface area (TPSA) is 75.6 Å². The molecule has 0 spiro atoms. The highest BCUT2D eigenvalue weighted by Gasteiger charge is 2.12. The van der Waals surface area contributed by atoms with E-state index in [1.54, 1.807) is 16.8 Å². The standard InChI is InChI=1S/C17H18ClN5O/c1-10(2)14-9-16(24)21-17(20-14)23-15(8-11(3)22-23)19-13-6-4-12(18)5-7-13/h4-10,19H,1-3H3,(H,20,21,24). The van der Waals surface area contributed by atoms with Crippen molar-refractivity contribution in [2.24, 2.45) is 0 Å². The van der Waals surface area contributed by atoms with Crippen LogP contribution in [-0.2, 0) is 0 Å². The van der Waals surface area contributed by atoms with Gasteiger partial charge in [-0.1, -0.05) is 25.4 Å². The van der Waals surface area contributed by atoms with Crippen molar-refractivity contribution in [2.45, 2.75) is 26.7 Å². The Bertz CT molecular complexity index is 911. The van der Waals surface area contributed by atoms with Gasteiger partial charge in [0.1, 0.15) is 5.82 Å². The first kappa shape index (κ1) is 16.3. The Kier molecular flexibility index (Phi) is 4.40. The number of aryl methyl sites for hydroxylation is 1. The van der Waals surface area contributed by atoms with Gasteiger partial charge in [0.05, 0.1) is 11.4 Å². The molecule has 0 aliphatic carbocycles. The Hall–Kier alpha value is -2.60. The third-order valence-electron chi connectivity index (χ3n) is 3.49. The Morgan fingerprint density at radius 1 is 1.21 bits per heavy atom. The summed E-state index contributed by atoms with van der Waals surface area (Å²) < 4.78 is 1.59. The van der Waals surface area contributed by atoms with Crippen LogP contribution in [0.3, 0.4) is 0 Å². The van der Waals surface area contributed by atoms with E-state index >= 15 is 0 Å². The summed E-state index contributed by atoms with van der Waals surface area (Å²) in [4.78, 5) is 19.2. The van der Waals surface area contributed by atoms with Crippen molar-refractivity contribution in [3.05, 3.63) is 63.2 Å². The van der Waals surface area contributed by atoms with Crippen molar-refractivity contribution in [3.8, 4) is 5.95 Å². The van der Waals surface area contributed by atoms with Gasteiger partial charge in [0.15, 0.2) is 0 Å². The quantitative estimate of drug-likeness (QED) is 0.755. The van der Waals surface area contributed by atoms with Gasteiger partial charge >= 0.3 is 0 Å². The summed E-state index contributed by atoms with van der Waals surface area (Å²) in [5.41, 5.74) is 2.20. The van der Waals surface area contributed by atoms with E-state index in [-0.39, 0.29) is 11.5 Å². The number of rotatable bonds is 4. The Morgan fingerprint density at radius 2 is 1.92 bits per heavy atom. The number of anilines is 2. The van der Waals surface area contributed by atoms with E-state index < -0.39 is 0 Å². The maximum atomic E-state index is 11.9. The van der Waals surface area contributed by atoms with Gasteiger partial charge in [-0.2, -0.15) is 9.78 Å². The highest BCUT2D eigenvalue weighted by molar-refractivity contribution is 6.30. The third kappa shape index (κ3) is 3.49. The zero-order valence-electron chi connectivity index (χ0n) is 13.7. The molecule has 0 saturated heterocycles. The highest BCUT2D eigenvalue weighted by atomic mass is 35.5. The van der Waals surface area contributed by atoms with Gasteiger partial charge in [-0.3, -0.25) is 9.78 Å². The Labute approximate surface area is 144 Å². The van der Waals surface area contributed by atoms with E-state index in [1.807, 2.05) is 39.0 Å². The first-order valence-electron chi connectivity index (χ1n) is 7.63. The fourth-order valence-electron chi connectivity index (χ4n) is 2.29. The van der Waals surface area contributed by atoms with Gasteiger partial charge in [0.2, 0.25) is 5.95 Å². The minimum Gasteiger partial charge on any atom is -0.340 e. The van der Waals surface area contributed by atoms with Gasteiger partial charge in [-0.15, -0.1) is 0 Å².